The molecule has 0 bridgehead atoms. The first-order chi connectivity index (χ1) is 9.53. The third kappa shape index (κ3) is 3.39. The van der Waals surface area contributed by atoms with Crippen molar-refractivity contribution >= 4 is 22.1 Å². The highest BCUT2D eigenvalue weighted by Crippen LogP contribution is 2.40. The number of nitro groups is 1. The molecule has 1 aromatic carbocycles. The molecule has 0 aliphatic rings. The van der Waals surface area contributed by atoms with Gasteiger partial charge in [0.15, 0.2) is 5.75 Å². The molecular weight excluding hydrogens is 323 g/mol. The van der Waals surface area contributed by atoms with E-state index in [-0.39, 0.29) is 11.8 Å². The molecule has 0 saturated carbocycles. The zero-order valence-electron chi connectivity index (χ0n) is 10.1. The lowest BCUT2D eigenvalue weighted by atomic mass is 10.2. The Kier molecular flexibility index (Phi) is 4.41. The lowest BCUT2D eigenvalue weighted by molar-refractivity contribution is -0.385. The number of carbonyl (C=O) groups is 1. The third-order valence-corrected chi connectivity index (χ3v) is 3.04. The fraction of sp³-hybridized carbons (Fsp3) is 0.222. The predicted octanol–water partition coefficient (Wildman–Crippen LogP) is 1.64. The smallest absolute Gasteiger partial charge is 0.492 e. The molecule has 1 rings (SSSR count). The zero-order chi connectivity index (χ0) is 16.4. The van der Waals surface area contributed by atoms with Gasteiger partial charge in [-0.25, -0.2) is 0 Å². The normalized spacial score (nSPS) is 11.8. The van der Waals surface area contributed by atoms with E-state index in [9.17, 15) is 36.5 Å². The van der Waals surface area contributed by atoms with Crippen molar-refractivity contribution in [3.05, 3.63) is 27.8 Å². The topological polar surface area (TPSA) is 113 Å². The standard InChI is InChI=1S/C9H6F3NO7S/c1-19-7-3-5(4-14)2-6(13(15)16)8(7)20-21(17,18)9(10,11)12/h2-4H,1H3. The molecular formula is C9H6F3NO7S. The van der Waals surface area contributed by atoms with Crippen LogP contribution in [0.25, 0.3) is 0 Å². The second-order valence-electron chi connectivity index (χ2n) is 3.43. The third-order valence-electron chi connectivity index (χ3n) is 2.09. The molecule has 0 unspecified atom stereocenters. The molecule has 0 heterocycles. The summed E-state index contributed by atoms with van der Waals surface area (Å²) in [6.07, 6.45) is 0.164. The van der Waals surface area contributed by atoms with Gasteiger partial charge < -0.3 is 8.92 Å². The summed E-state index contributed by atoms with van der Waals surface area (Å²) in [5.41, 5.74) is -7.26. The van der Waals surface area contributed by atoms with E-state index in [1.165, 1.54) is 0 Å². The van der Waals surface area contributed by atoms with Gasteiger partial charge >= 0.3 is 21.3 Å². The van der Waals surface area contributed by atoms with Crippen molar-refractivity contribution < 1.29 is 40.2 Å². The van der Waals surface area contributed by atoms with Crippen LogP contribution >= 0.6 is 0 Å². The lowest BCUT2D eigenvalue weighted by Crippen LogP contribution is -2.28. The molecule has 116 valence electrons. The minimum atomic E-state index is -6.13. The maximum Gasteiger partial charge on any atom is 0.534 e. The van der Waals surface area contributed by atoms with E-state index in [0.717, 1.165) is 13.2 Å². The van der Waals surface area contributed by atoms with Crippen molar-refractivity contribution in [2.24, 2.45) is 0 Å². The number of rotatable bonds is 5. The van der Waals surface area contributed by atoms with Gasteiger partial charge in [-0.3, -0.25) is 14.9 Å². The van der Waals surface area contributed by atoms with Gasteiger partial charge in [-0.05, 0) is 6.07 Å². The Morgan fingerprint density at radius 1 is 1.33 bits per heavy atom. The quantitative estimate of drug-likeness (QED) is 0.265. The minimum Gasteiger partial charge on any atom is -0.492 e. The molecule has 1 aromatic rings. The summed E-state index contributed by atoms with van der Waals surface area (Å²) in [6.45, 7) is 0. The van der Waals surface area contributed by atoms with Crippen molar-refractivity contribution in [1.29, 1.82) is 0 Å². The van der Waals surface area contributed by atoms with Gasteiger partial charge in [0.25, 0.3) is 5.75 Å². The molecule has 0 aliphatic heterocycles. The molecule has 21 heavy (non-hydrogen) atoms. The van der Waals surface area contributed by atoms with Gasteiger partial charge in [0.2, 0.25) is 0 Å². The first kappa shape index (κ1) is 16.7. The Hall–Kier alpha value is -2.37. The number of methoxy groups -OCH3 is 1. The summed E-state index contributed by atoms with van der Waals surface area (Å²) in [7, 11) is -5.23. The van der Waals surface area contributed by atoms with Gasteiger partial charge in [0.1, 0.15) is 6.29 Å². The lowest BCUT2D eigenvalue weighted by Gasteiger charge is -2.12. The average Bonchev–Trinajstić information content (AvgIpc) is 2.36. The van der Waals surface area contributed by atoms with E-state index in [1.807, 2.05) is 0 Å². The van der Waals surface area contributed by atoms with E-state index in [0.29, 0.717) is 6.07 Å². The van der Waals surface area contributed by atoms with Crippen LogP contribution in [0.3, 0.4) is 0 Å². The molecule has 0 radical (unpaired) electrons. The highest BCUT2D eigenvalue weighted by atomic mass is 32.2. The number of carbonyl (C=O) groups excluding carboxylic acids is 1. The van der Waals surface area contributed by atoms with Gasteiger partial charge in [-0.2, -0.15) is 21.6 Å². The number of nitrogens with zero attached hydrogens (tertiary/aromatic N) is 1. The first-order valence-electron chi connectivity index (χ1n) is 4.86. The number of hydrogen-bond donors (Lipinski definition) is 0. The summed E-state index contributed by atoms with van der Waals surface area (Å²) in [4.78, 5) is 20.1. The van der Waals surface area contributed by atoms with E-state index in [2.05, 4.69) is 8.92 Å². The summed E-state index contributed by atoms with van der Waals surface area (Å²) < 4.78 is 66.9. The van der Waals surface area contributed by atoms with Crippen molar-refractivity contribution in [3.63, 3.8) is 0 Å². The van der Waals surface area contributed by atoms with Crippen LogP contribution in [0.5, 0.6) is 11.5 Å². The minimum absolute atomic E-state index is 0.164. The van der Waals surface area contributed by atoms with Crippen molar-refractivity contribution in [1.82, 2.24) is 0 Å². The van der Waals surface area contributed by atoms with Crippen LogP contribution < -0.4 is 8.92 Å². The fourth-order valence-electron chi connectivity index (χ4n) is 1.20. The molecule has 0 aromatic heterocycles. The van der Waals surface area contributed by atoms with Crippen LogP contribution in [-0.2, 0) is 10.1 Å². The van der Waals surface area contributed by atoms with Crippen LogP contribution in [0, 0.1) is 10.1 Å². The second kappa shape index (κ2) is 5.55. The van der Waals surface area contributed by atoms with E-state index in [1.54, 1.807) is 0 Å². The maximum absolute atomic E-state index is 12.3. The molecule has 0 atom stereocenters. The molecule has 0 N–H and O–H groups in total. The van der Waals surface area contributed by atoms with Gasteiger partial charge in [-0.15, -0.1) is 0 Å². The average molecular weight is 329 g/mol. The Balaban J connectivity index is 3.54. The number of ether oxygens (including phenoxy) is 1. The highest BCUT2D eigenvalue weighted by Gasteiger charge is 2.50. The monoisotopic (exact) mass is 329 g/mol. The second-order valence-corrected chi connectivity index (χ2v) is 4.97. The molecule has 0 fully saturated rings. The highest BCUT2D eigenvalue weighted by molar-refractivity contribution is 7.88. The Labute approximate surface area is 115 Å². The van der Waals surface area contributed by atoms with Crippen molar-refractivity contribution in [3.8, 4) is 11.5 Å². The van der Waals surface area contributed by atoms with Crippen LogP contribution in [0.15, 0.2) is 12.1 Å². The zero-order valence-corrected chi connectivity index (χ0v) is 10.9. The summed E-state index contributed by atoms with van der Waals surface area (Å²) in [6, 6.07) is 1.35. The Morgan fingerprint density at radius 3 is 2.29 bits per heavy atom. The number of benzene rings is 1. The van der Waals surface area contributed by atoms with Gasteiger partial charge in [0, 0.05) is 11.6 Å². The predicted molar refractivity (Wildman–Crippen MR) is 60.6 cm³/mol. The van der Waals surface area contributed by atoms with Crippen LogP contribution in [-0.4, -0.2) is 32.2 Å². The summed E-state index contributed by atoms with van der Waals surface area (Å²) in [5.74, 6) is -1.98. The number of nitro benzene ring substituents is 1. The van der Waals surface area contributed by atoms with Crippen molar-refractivity contribution in [2.45, 2.75) is 5.51 Å². The number of hydrogen-bond acceptors (Lipinski definition) is 7. The molecule has 0 amide bonds. The number of halogens is 3. The largest absolute Gasteiger partial charge is 0.534 e. The Bertz CT molecular complexity index is 683. The maximum atomic E-state index is 12.3. The van der Waals surface area contributed by atoms with Gasteiger partial charge in [0.05, 0.1) is 12.0 Å². The van der Waals surface area contributed by atoms with Crippen LogP contribution in [0.2, 0.25) is 0 Å². The molecule has 8 nitrogen and oxygen atoms in total. The first-order valence-corrected chi connectivity index (χ1v) is 6.26. The molecule has 12 heteroatoms. The number of aldehydes is 1. The summed E-state index contributed by atoms with van der Waals surface area (Å²) >= 11 is 0. The van der Waals surface area contributed by atoms with Gasteiger partial charge in [-0.1, -0.05) is 0 Å². The molecule has 0 spiro atoms. The van der Waals surface area contributed by atoms with Crippen LogP contribution in [0.4, 0.5) is 18.9 Å². The van der Waals surface area contributed by atoms with Crippen LogP contribution in [0.1, 0.15) is 10.4 Å². The Morgan fingerprint density at radius 2 is 1.90 bits per heavy atom. The number of alkyl halides is 3. The SMILES string of the molecule is COc1cc(C=O)cc([N+](=O)[O-])c1OS(=O)(=O)C(F)(F)F. The van der Waals surface area contributed by atoms with E-state index < -0.39 is 37.7 Å². The van der Waals surface area contributed by atoms with E-state index in [4.69, 9.17) is 0 Å². The van der Waals surface area contributed by atoms with E-state index >= 15 is 0 Å². The molecule has 0 saturated heterocycles. The fourth-order valence-corrected chi connectivity index (χ4v) is 1.69. The molecule has 0 aliphatic carbocycles. The summed E-state index contributed by atoms with van der Waals surface area (Å²) in [5, 5.41) is 10.8. The van der Waals surface area contributed by atoms with Crippen molar-refractivity contribution in [2.75, 3.05) is 7.11 Å².